The largest absolute Gasteiger partial charge is 0.481 e. The van der Waals surface area contributed by atoms with E-state index in [2.05, 4.69) is 10.3 Å². The van der Waals surface area contributed by atoms with Crippen LogP contribution in [0.15, 0.2) is 18.3 Å². The molecule has 6 nitrogen and oxygen atoms in total. The summed E-state index contributed by atoms with van der Waals surface area (Å²) in [6, 6.07) is 4.83. The second kappa shape index (κ2) is 7.11. The second-order valence-corrected chi connectivity index (χ2v) is 4.08. The molecule has 0 spiro atoms. The molecule has 0 aromatic carbocycles. The lowest BCUT2D eigenvalue weighted by Crippen LogP contribution is -2.33. The zero-order valence-electron chi connectivity index (χ0n) is 10.6. The monoisotopic (exact) mass is 261 g/mol. The minimum absolute atomic E-state index is 0.0731. The number of carboxylic acids is 1. The summed E-state index contributed by atoms with van der Waals surface area (Å²) in [5.74, 6) is -1.95. The van der Waals surface area contributed by atoms with E-state index in [0.717, 1.165) is 6.42 Å². The maximum atomic E-state index is 11.7. The molecule has 0 saturated carbocycles. The van der Waals surface area contributed by atoms with Crippen molar-refractivity contribution in [1.29, 1.82) is 5.26 Å². The summed E-state index contributed by atoms with van der Waals surface area (Å²) in [6.07, 6.45) is 2.55. The quantitative estimate of drug-likeness (QED) is 0.800. The number of hydrogen-bond donors (Lipinski definition) is 2. The van der Waals surface area contributed by atoms with Crippen LogP contribution in [0, 0.1) is 17.2 Å². The number of nitriles is 1. The second-order valence-electron chi connectivity index (χ2n) is 4.08. The van der Waals surface area contributed by atoms with E-state index in [1.807, 2.05) is 13.0 Å². The lowest BCUT2D eigenvalue weighted by Gasteiger charge is -2.11. The molecule has 0 aliphatic heterocycles. The Labute approximate surface area is 111 Å². The summed E-state index contributed by atoms with van der Waals surface area (Å²) in [5.41, 5.74) is 0.533. The summed E-state index contributed by atoms with van der Waals surface area (Å²) >= 11 is 0. The Morgan fingerprint density at radius 1 is 1.53 bits per heavy atom. The molecule has 0 radical (unpaired) electrons. The number of aliphatic carboxylic acids is 1. The lowest BCUT2D eigenvalue weighted by molar-refractivity contribution is -0.141. The number of nitrogens with zero attached hydrogens (tertiary/aromatic N) is 2. The van der Waals surface area contributed by atoms with Crippen molar-refractivity contribution >= 4 is 11.9 Å². The molecule has 2 N–H and O–H groups in total. The molecule has 0 aliphatic rings. The smallest absolute Gasteiger partial charge is 0.308 e. The molecule has 1 amide bonds. The van der Waals surface area contributed by atoms with E-state index < -0.39 is 17.8 Å². The topological polar surface area (TPSA) is 103 Å². The van der Waals surface area contributed by atoms with Gasteiger partial charge in [0.05, 0.1) is 11.5 Å². The van der Waals surface area contributed by atoms with Gasteiger partial charge >= 0.3 is 5.97 Å². The van der Waals surface area contributed by atoms with Crippen LogP contribution in [-0.2, 0) is 4.79 Å². The first-order valence-corrected chi connectivity index (χ1v) is 5.95. The molecule has 0 bridgehead atoms. The van der Waals surface area contributed by atoms with Gasteiger partial charge in [-0.1, -0.05) is 13.3 Å². The molecule has 100 valence electrons. The third-order valence-corrected chi connectivity index (χ3v) is 2.62. The fourth-order valence-corrected chi connectivity index (χ4v) is 1.56. The first kappa shape index (κ1) is 14.6. The van der Waals surface area contributed by atoms with Crippen LogP contribution in [0.5, 0.6) is 0 Å². The molecule has 0 aliphatic carbocycles. The first-order valence-electron chi connectivity index (χ1n) is 5.95. The van der Waals surface area contributed by atoms with Gasteiger partial charge in [-0.25, -0.2) is 4.98 Å². The van der Waals surface area contributed by atoms with Crippen molar-refractivity contribution in [3.8, 4) is 6.07 Å². The van der Waals surface area contributed by atoms with Gasteiger partial charge in [-0.15, -0.1) is 0 Å². The molecule has 0 saturated heterocycles. The van der Waals surface area contributed by atoms with E-state index in [-0.39, 0.29) is 12.2 Å². The van der Waals surface area contributed by atoms with Gasteiger partial charge in [0.2, 0.25) is 0 Å². The van der Waals surface area contributed by atoms with Gasteiger partial charge in [-0.05, 0) is 18.6 Å². The SMILES string of the molecule is CCCC(CNC(=O)c1ccc(C#N)cn1)C(=O)O. The third-order valence-electron chi connectivity index (χ3n) is 2.62. The fraction of sp³-hybridized carbons (Fsp3) is 0.385. The predicted molar refractivity (Wildman–Crippen MR) is 67.3 cm³/mol. The van der Waals surface area contributed by atoms with Crippen molar-refractivity contribution < 1.29 is 14.7 Å². The number of hydrogen-bond acceptors (Lipinski definition) is 4. The Bertz CT molecular complexity index is 491. The Kier molecular flexibility index (Phi) is 5.48. The van der Waals surface area contributed by atoms with Crippen LogP contribution in [0.2, 0.25) is 0 Å². The van der Waals surface area contributed by atoms with Gasteiger partial charge in [0, 0.05) is 12.7 Å². The van der Waals surface area contributed by atoms with Crippen LogP contribution in [0.1, 0.15) is 35.8 Å². The normalized spacial score (nSPS) is 11.4. The highest BCUT2D eigenvalue weighted by atomic mass is 16.4. The van der Waals surface area contributed by atoms with Crippen molar-refractivity contribution in [2.75, 3.05) is 6.54 Å². The maximum absolute atomic E-state index is 11.7. The third kappa shape index (κ3) is 4.39. The highest BCUT2D eigenvalue weighted by molar-refractivity contribution is 5.92. The Balaban J connectivity index is 2.59. The number of aromatic nitrogens is 1. The van der Waals surface area contributed by atoms with Crippen LogP contribution < -0.4 is 5.32 Å². The van der Waals surface area contributed by atoms with Gasteiger partial charge in [0.25, 0.3) is 5.91 Å². The summed E-state index contributed by atoms with van der Waals surface area (Å²) in [4.78, 5) is 26.5. The number of amides is 1. The highest BCUT2D eigenvalue weighted by Crippen LogP contribution is 2.06. The number of pyridine rings is 1. The molecular formula is C13H15N3O3. The molecule has 1 atom stereocenters. The maximum Gasteiger partial charge on any atom is 0.308 e. The minimum Gasteiger partial charge on any atom is -0.481 e. The van der Waals surface area contributed by atoms with Gasteiger partial charge < -0.3 is 10.4 Å². The first-order chi connectivity index (χ1) is 9.08. The summed E-state index contributed by atoms with van der Waals surface area (Å²) in [6.45, 7) is 1.96. The van der Waals surface area contributed by atoms with Crippen molar-refractivity contribution in [2.24, 2.45) is 5.92 Å². The van der Waals surface area contributed by atoms with Gasteiger partial charge in [-0.2, -0.15) is 5.26 Å². The zero-order valence-corrected chi connectivity index (χ0v) is 10.6. The average molecular weight is 261 g/mol. The van der Waals surface area contributed by atoms with Gasteiger partial charge in [-0.3, -0.25) is 9.59 Å². The Morgan fingerprint density at radius 2 is 2.26 bits per heavy atom. The van der Waals surface area contributed by atoms with Crippen LogP contribution >= 0.6 is 0 Å². The molecule has 1 heterocycles. The average Bonchev–Trinajstić information content (AvgIpc) is 2.42. The molecule has 6 heteroatoms. The van der Waals surface area contributed by atoms with E-state index in [4.69, 9.17) is 10.4 Å². The number of carbonyl (C=O) groups excluding carboxylic acids is 1. The fourth-order valence-electron chi connectivity index (χ4n) is 1.56. The number of rotatable bonds is 6. The summed E-state index contributed by atoms with van der Waals surface area (Å²) in [7, 11) is 0. The molecule has 1 unspecified atom stereocenters. The zero-order chi connectivity index (χ0) is 14.3. The minimum atomic E-state index is -0.921. The Morgan fingerprint density at radius 3 is 2.74 bits per heavy atom. The molecule has 19 heavy (non-hydrogen) atoms. The van der Waals surface area contributed by atoms with E-state index in [0.29, 0.717) is 12.0 Å². The summed E-state index contributed by atoms with van der Waals surface area (Å²) in [5, 5.41) is 20.1. The number of carboxylic acid groups (broad SMARTS) is 1. The molecule has 0 fully saturated rings. The molecule has 1 aromatic rings. The van der Waals surface area contributed by atoms with Crippen LogP contribution in [0.4, 0.5) is 0 Å². The van der Waals surface area contributed by atoms with Crippen molar-refractivity contribution in [1.82, 2.24) is 10.3 Å². The van der Waals surface area contributed by atoms with Crippen LogP contribution in [0.25, 0.3) is 0 Å². The number of carbonyl (C=O) groups is 2. The summed E-state index contributed by atoms with van der Waals surface area (Å²) < 4.78 is 0. The van der Waals surface area contributed by atoms with E-state index >= 15 is 0 Å². The van der Waals surface area contributed by atoms with Gasteiger partial charge in [0.1, 0.15) is 11.8 Å². The van der Waals surface area contributed by atoms with Crippen LogP contribution in [-0.4, -0.2) is 28.5 Å². The van der Waals surface area contributed by atoms with Crippen molar-refractivity contribution in [3.05, 3.63) is 29.6 Å². The van der Waals surface area contributed by atoms with Crippen molar-refractivity contribution in [2.45, 2.75) is 19.8 Å². The molecular weight excluding hydrogens is 246 g/mol. The Hall–Kier alpha value is -2.42. The predicted octanol–water partition coefficient (Wildman–Crippen LogP) is 1.18. The van der Waals surface area contributed by atoms with Crippen molar-refractivity contribution in [3.63, 3.8) is 0 Å². The lowest BCUT2D eigenvalue weighted by atomic mass is 10.0. The highest BCUT2D eigenvalue weighted by Gasteiger charge is 2.17. The molecule has 1 rings (SSSR count). The van der Waals surface area contributed by atoms with Gasteiger partial charge in [0.15, 0.2) is 0 Å². The van der Waals surface area contributed by atoms with E-state index in [1.54, 1.807) is 0 Å². The number of nitrogens with one attached hydrogen (secondary N) is 1. The standard InChI is InChI=1S/C13H15N3O3/c1-2-3-10(13(18)19)8-16-12(17)11-5-4-9(6-14)7-15-11/h4-5,7,10H,2-3,8H2,1H3,(H,16,17)(H,18,19). The van der Waals surface area contributed by atoms with E-state index in [1.165, 1.54) is 18.3 Å². The molecule has 1 aromatic heterocycles. The van der Waals surface area contributed by atoms with Crippen LogP contribution in [0.3, 0.4) is 0 Å². The van der Waals surface area contributed by atoms with E-state index in [9.17, 15) is 9.59 Å².